The summed E-state index contributed by atoms with van der Waals surface area (Å²) < 4.78 is 33.5. The summed E-state index contributed by atoms with van der Waals surface area (Å²) in [5, 5.41) is 3.15. The van der Waals surface area contributed by atoms with Crippen molar-refractivity contribution in [3.8, 4) is 5.75 Å². The van der Waals surface area contributed by atoms with E-state index in [1.807, 2.05) is 12.1 Å². The van der Waals surface area contributed by atoms with E-state index in [2.05, 4.69) is 21.2 Å². The summed E-state index contributed by atoms with van der Waals surface area (Å²) in [6, 6.07) is 7.54. The molecule has 0 aliphatic heterocycles. The van der Waals surface area contributed by atoms with E-state index in [0.29, 0.717) is 16.9 Å². The summed E-state index contributed by atoms with van der Waals surface area (Å²) in [4.78, 5) is 0. The highest BCUT2D eigenvalue weighted by molar-refractivity contribution is 9.10. The maximum atomic E-state index is 13.9. The van der Waals surface area contributed by atoms with Gasteiger partial charge in [0, 0.05) is 11.3 Å². The van der Waals surface area contributed by atoms with Gasteiger partial charge in [-0.1, -0.05) is 0 Å². The van der Waals surface area contributed by atoms with Gasteiger partial charge in [-0.2, -0.15) is 0 Å². The summed E-state index contributed by atoms with van der Waals surface area (Å²) in [5.41, 5.74) is 1.39. The summed E-state index contributed by atoms with van der Waals surface area (Å²) >= 11 is 3.39. The van der Waals surface area contributed by atoms with Gasteiger partial charge in [0.1, 0.15) is 17.4 Å². The molecule has 0 aliphatic rings. The molecule has 0 bridgehead atoms. The maximum absolute atomic E-state index is 13.9. The predicted molar refractivity (Wildman–Crippen MR) is 83.8 cm³/mol. The first-order chi connectivity index (χ1) is 9.92. The van der Waals surface area contributed by atoms with Gasteiger partial charge in [0.25, 0.3) is 0 Å². The lowest BCUT2D eigenvalue weighted by Crippen LogP contribution is -2.09. The standard InChI is InChI=1S/C16H16BrF2NO/c1-9-6-15(19)12(8-14(9)18)10(2)20-11-4-5-16(21-3)13(17)7-11/h4-8,10,20H,1-3H3. The number of nitrogens with one attached hydrogen (secondary N) is 1. The maximum Gasteiger partial charge on any atom is 0.133 e. The van der Waals surface area contributed by atoms with Crippen molar-refractivity contribution in [3.63, 3.8) is 0 Å². The van der Waals surface area contributed by atoms with Crippen LogP contribution >= 0.6 is 15.9 Å². The van der Waals surface area contributed by atoms with Crippen LogP contribution in [0.5, 0.6) is 5.75 Å². The second-order valence-electron chi connectivity index (χ2n) is 4.84. The zero-order chi connectivity index (χ0) is 15.6. The molecule has 2 aromatic carbocycles. The fourth-order valence-corrected chi connectivity index (χ4v) is 2.62. The Kier molecular flexibility index (Phi) is 4.83. The number of halogens is 3. The third-order valence-electron chi connectivity index (χ3n) is 3.28. The predicted octanol–water partition coefficient (Wildman–Crippen LogP) is 5.22. The lowest BCUT2D eigenvalue weighted by atomic mass is 10.0. The van der Waals surface area contributed by atoms with Crippen LogP contribution in [0, 0.1) is 18.6 Å². The van der Waals surface area contributed by atoms with Crippen molar-refractivity contribution in [1.82, 2.24) is 0 Å². The van der Waals surface area contributed by atoms with E-state index in [1.165, 1.54) is 12.1 Å². The van der Waals surface area contributed by atoms with Gasteiger partial charge in [-0.15, -0.1) is 0 Å². The number of ether oxygens (including phenoxy) is 1. The molecule has 0 heterocycles. The smallest absolute Gasteiger partial charge is 0.133 e. The van der Waals surface area contributed by atoms with Gasteiger partial charge >= 0.3 is 0 Å². The zero-order valence-corrected chi connectivity index (χ0v) is 13.6. The van der Waals surface area contributed by atoms with Gasteiger partial charge in [0.05, 0.1) is 17.6 Å². The van der Waals surface area contributed by atoms with Gasteiger partial charge in [0.15, 0.2) is 0 Å². The molecule has 2 nitrogen and oxygen atoms in total. The molecule has 5 heteroatoms. The van der Waals surface area contributed by atoms with Crippen LogP contribution in [0.15, 0.2) is 34.8 Å². The van der Waals surface area contributed by atoms with E-state index < -0.39 is 11.6 Å². The van der Waals surface area contributed by atoms with Crippen molar-refractivity contribution in [3.05, 3.63) is 57.6 Å². The van der Waals surface area contributed by atoms with E-state index in [-0.39, 0.29) is 6.04 Å². The molecular weight excluding hydrogens is 340 g/mol. The highest BCUT2D eigenvalue weighted by Gasteiger charge is 2.14. The molecule has 0 radical (unpaired) electrons. The van der Waals surface area contributed by atoms with Crippen molar-refractivity contribution >= 4 is 21.6 Å². The van der Waals surface area contributed by atoms with E-state index in [0.717, 1.165) is 10.2 Å². The first-order valence-electron chi connectivity index (χ1n) is 6.48. The second-order valence-corrected chi connectivity index (χ2v) is 5.69. The van der Waals surface area contributed by atoms with Crippen molar-refractivity contribution in [2.24, 2.45) is 0 Å². The molecule has 1 N–H and O–H groups in total. The fraction of sp³-hybridized carbons (Fsp3) is 0.250. The number of rotatable bonds is 4. The fourth-order valence-electron chi connectivity index (χ4n) is 2.08. The molecule has 2 rings (SSSR count). The first kappa shape index (κ1) is 15.8. The van der Waals surface area contributed by atoms with Gasteiger partial charge in [-0.25, -0.2) is 8.78 Å². The van der Waals surface area contributed by atoms with Crippen LogP contribution in [0.25, 0.3) is 0 Å². The molecule has 1 atom stereocenters. The number of hydrogen-bond donors (Lipinski definition) is 1. The SMILES string of the molecule is COc1ccc(NC(C)c2cc(F)c(C)cc2F)cc1Br. The Morgan fingerprint density at radius 3 is 2.48 bits per heavy atom. The molecule has 0 spiro atoms. The van der Waals surface area contributed by atoms with Crippen LogP contribution in [-0.2, 0) is 0 Å². The Labute approximate surface area is 131 Å². The zero-order valence-electron chi connectivity index (χ0n) is 12.0. The minimum atomic E-state index is -0.415. The Balaban J connectivity index is 2.23. The molecule has 0 aliphatic carbocycles. The Hall–Kier alpha value is -1.62. The van der Waals surface area contributed by atoms with Crippen LogP contribution in [0.4, 0.5) is 14.5 Å². The third kappa shape index (κ3) is 3.53. The minimum Gasteiger partial charge on any atom is -0.496 e. The lowest BCUT2D eigenvalue weighted by Gasteiger charge is -2.18. The molecule has 1 unspecified atom stereocenters. The average Bonchev–Trinajstić information content (AvgIpc) is 2.43. The van der Waals surface area contributed by atoms with Gasteiger partial charge in [0.2, 0.25) is 0 Å². The molecule has 112 valence electrons. The van der Waals surface area contributed by atoms with Crippen LogP contribution in [-0.4, -0.2) is 7.11 Å². The average molecular weight is 356 g/mol. The van der Waals surface area contributed by atoms with Crippen molar-refractivity contribution in [2.45, 2.75) is 19.9 Å². The summed E-state index contributed by atoms with van der Waals surface area (Å²) in [6.07, 6.45) is 0. The summed E-state index contributed by atoms with van der Waals surface area (Å²) in [6.45, 7) is 3.33. The molecule has 0 fully saturated rings. The van der Waals surface area contributed by atoms with Crippen molar-refractivity contribution in [2.75, 3.05) is 12.4 Å². The number of methoxy groups -OCH3 is 1. The number of hydrogen-bond acceptors (Lipinski definition) is 2. The van der Waals surface area contributed by atoms with Gasteiger partial charge in [-0.05, 0) is 65.7 Å². The summed E-state index contributed by atoms with van der Waals surface area (Å²) in [5.74, 6) is -0.113. The largest absolute Gasteiger partial charge is 0.496 e. The van der Waals surface area contributed by atoms with Crippen molar-refractivity contribution < 1.29 is 13.5 Å². The van der Waals surface area contributed by atoms with Crippen LogP contribution in [0.1, 0.15) is 24.1 Å². The summed E-state index contributed by atoms with van der Waals surface area (Å²) in [7, 11) is 1.58. The Morgan fingerprint density at radius 1 is 1.14 bits per heavy atom. The molecule has 0 amide bonds. The molecule has 0 saturated carbocycles. The lowest BCUT2D eigenvalue weighted by molar-refractivity contribution is 0.412. The minimum absolute atomic E-state index is 0.296. The Morgan fingerprint density at radius 2 is 1.86 bits per heavy atom. The normalized spacial score (nSPS) is 12.1. The second kappa shape index (κ2) is 6.43. The molecule has 2 aromatic rings. The number of benzene rings is 2. The topological polar surface area (TPSA) is 21.3 Å². The number of anilines is 1. The monoisotopic (exact) mass is 355 g/mol. The van der Waals surface area contributed by atoms with Gasteiger partial charge in [-0.3, -0.25) is 0 Å². The van der Waals surface area contributed by atoms with Crippen LogP contribution < -0.4 is 10.1 Å². The molecular formula is C16H16BrF2NO. The van der Waals surface area contributed by atoms with Crippen molar-refractivity contribution in [1.29, 1.82) is 0 Å². The van der Waals surface area contributed by atoms with E-state index in [4.69, 9.17) is 4.74 Å². The van der Waals surface area contributed by atoms with E-state index >= 15 is 0 Å². The van der Waals surface area contributed by atoms with Crippen LogP contribution in [0.2, 0.25) is 0 Å². The molecule has 21 heavy (non-hydrogen) atoms. The van der Waals surface area contributed by atoms with E-state index in [9.17, 15) is 8.78 Å². The molecule has 0 saturated heterocycles. The third-order valence-corrected chi connectivity index (χ3v) is 3.90. The highest BCUT2D eigenvalue weighted by Crippen LogP contribution is 2.30. The van der Waals surface area contributed by atoms with Crippen LogP contribution in [0.3, 0.4) is 0 Å². The number of aryl methyl sites for hydroxylation is 1. The first-order valence-corrected chi connectivity index (χ1v) is 7.27. The van der Waals surface area contributed by atoms with Gasteiger partial charge < -0.3 is 10.1 Å². The molecule has 0 aromatic heterocycles. The quantitative estimate of drug-likeness (QED) is 0.811. The van der Waals surface area contributed by atoms with E-state index in [1.54, 1.807) is 27.0 Å². The highest BCUT2D eigenvalue weighted by atomic mass is 79.9. The Bertz CT molecular complexity index is 661.